The van der Waals surface area contributed by atoms with Gasteiger partial charge in [0.2, 0.25) is 0 Å². The van der Waals surface area contributed by atoms with Crippen LogP contribution in [0.1, 0.15) is 26.3 Å². The monoisotopic (exact) mass is 420 g/mol. The zero-order valence-electron chi connectivity index (χ0n) is 16.0. The van der Waals surface area contributed by atoms with E-state index in [4.69, 9.17) is 38.5 Å². The molecular formula is C17H29ClO6Si2. The summed E-state index contributed by atoms with van der Waals surface area (Å²) >= 11 is 5.96. The fourth-order valence-corrected chi connectivity index (χ4v) is 6.78. The molecule has 0 fully saturated rings. The summed E-state index contributed by atoms with van der Waals surface area (Å²) in [7, 11) is -4.96. The van der Waals surface area contributed by atoms with Crippen LogP contribution in [0.2, 0.25) is 12.6 Å². The lowest BCUT2D eigenvalue weighted by Gasteiger charge is -2.32. The molecule has 0 saturated heterocycles. The molecule has 6 nitrogen and oxygen atoms in total. The summed E-state index contributed by atoms with van der Waals surface area (Å²) < 4.78 is 35.2. The molecule has 0 spiro atoms. The highest BCUT2D eigenvalue weighted by molar-refractivity contribution is 6.74. The van der Waals surface area contributed by atoms with Crippen LogP contribution in [-0.4, -0.2) is 49.3 Å². The van der Waals surface area contributed by atoms with Gasteiger partial charge in [-0.05, 0) is 45.5 Å². The molecule has 0 aliphatic carbocycles. The molecule has 1 heterocycles. The van der Waals surface area contributed by atoms with Crippen LogP contribution < -0.4 is 9.16 Å². The maximum Gasteiger partial charge on any atom is 0.504 e. The molecule has 0 aromatic heterocycles. The first-order chi connectivity index (χ1) is 12.5. The Morgan fingerprint density at radius 1 is 1.12 bits per heavy atom. The Morgan fingerprint density at radius 3 is 2.35 bits per heavy atom. The predicted molar refractivity (Wildman–Crippen MR) is 105 cm³/mol. The van der Waals surface area contributed by atoms with Gasteiger partial charge in [0.05, 0.1) is 24.8 Å². The number of benzene rings is 1. The molecule has 0 radical (unpaired) electrons. The molecule has 1 unspecified atom stereocenters. The minimum absolute atomic E-state index is 0.406. The standard InChI is InChI=1S/C17H29ClO6Si2/c1-5-20-26(21-6-2,22-7-3)11-10-19-16-8-9-17-15(12-16)13-23-25(4,14-18)24-17/h8-9,12H,5-7,10-11,13-14H2,1-4H3. The van der Waals surface area contributed by atoms with E-state index in [0.29, 0.717) is 44.6 Å². The molecule has 2 rings (SSSR count). The zero-order valence-corrected chi connectivity index (χ0v) is 18.8. The summed E-state index contributed by atoms with van der Waals surface area (Å²) in [4.78, 5) is 0. The van der Waals surface area contributed by atoms with E-state index in [0.717, 1.165) is 17.1 Å². The Hall–Kier alpha value is -0.616. The van der Waals surface area contributed by atoms with Crippen molar-refractivity contribution >= 4 is 29.0 Å². The lowest BCUT2D eigenvalue weighted by Crippen LogP contribution is -2.47. The fourth-order valence-electron chi connectivity index (χ4n) is 2.71. The van der Waals surface area contributed by atoms with Gasteiger partial charge in [-0.3, -0.25) is 0 Å². The maximum absolute atomic E-state index is 5.96. The van der Waals surface area contributed by atoms with E-state index in [1.807, 2.05) is 45.5 Å². The summed E-state index contributed by atoms with van der Waals surface area (Å²) in [6.45, 7) is 10.4. The Bertz CT molecular complexity index is 559. The Morgan fingerprint density at radius 2 is 1.77 bits per heavy atom. The Kier molecular flexibility index (Phi) is 8.40. The molecule has 26 heavy (non-hydrogen) atoms. The van der Waals surface area contributed by atoms with Crippen LogP contribution in [0, 0.1) is 0 Å². The number of hydrogen-bond donors (Lipinski definition) is 0. The van der Waals surface area contributed by atoms with Gasteiger partial charge >= 0.3 is 17.4 Å². The highest BCUT2D eigenvalue weighted by Crippen LogP contribution is 2.32. The first-order valence-electron chi connectivity index (χ1n) is 9.06. The second-order valence-corrected chi connectivity index (χ2v) is 12.6. The van der Waals surface area contributed by atoms with Crippen molar-refractivity contribution in [3.63, 3.8) is 0 Å². The third-order valence-corrected chi connectivity index (χ3v) is 10.3. The SMILES string of the molecule is CCO[Si](CCOc1ccc2c(c1)CO[Si](C)(CCl)O2)(OCC)OCC. The van der Waals surface area contributed by atoms with Gasteiger partial charge in [-0.1, -0.05) is 0 Å². The summed E-state index contributed by atoms with van der Waals surface area (Å²) in [5, 5.41) is 0. The molecule has 0 bridgehead atoms. The lowest BCUT2D eigenvalue weighted by molar-refractivity contribution is 0.0675. The third kappa shape index (κ3) is 5.69. The van der Waals surface area contributed by atoms with Gasteiger partial charge in [-0.25, -0.2) is 0 Å². The molecule has 148 valence electrons. The van der Waals surface area contributed by atoms with Gasteiger partial charge in [0.1, 0.15) is 11.5 Å². The van der Waals surface area contributed by atoms with Gasteiger partial charge in [-0.15, -0.1) is 11.6 Å². The smallest absolute Gasteiger partial charge is 0.504 e. The maximum atomic E-state index is 5.96. The van der Waals surface area contributed by atoms with Crippen molar-refractivity contribution < 1.29 is 26.9 Å². The van der Waals surface area contributed by atoms with Gasteiger partial charge < -0.3 is 26.9 Å². The quantitative estimate of drug-likeness (QED) is 0.400. The molecular weight excluding hydrogens is 392 g/mol. The van der Waals surface area contributed by atoms with E-state index in [-0.39, 0.29) is 0 Å². The summed E-state index contributed by atoms with van der Waals surface area (Å²) in [5.41, 5.74) is 1.38. The first kappa shape index (κ1) is 21.7. The predicted octanol–water partition coefficient (Wildman–Crippen LogP) is 3.87. The van der Waals surface area contributed by atoms with Gasteiger partial charge in [0, 0.05) is 25.4 Å². The van der Waals surface area contributed by atoms with E-state index >= 15 is 0 Å². The topological polar surface area (TPSA) is 55.4 Å². The number of hydrogen-bond acceptors (Lipinski definition) is 6. The largest absolute Gasteiger partial charge is 0.519 e. The van der Waals surface area contributed by atoms with E-state index < -0.39 is 17.4 Å². The van der Waals surface area contributed by atoms with Crippen LogP contribution in [0.4, 0.5) is 0 Å². The van der Waals surface area contributed by atoms with Crippen molar-refractivity contribution in [1.29, 1.82) is 0 Å². The van der Waals surface area contributed by atoms with E-state index in [2.05, 4.69) is 0 Å². The third-order valence-electron chi connectivity index (χ3n) is 3.90. The van der Waals surface area contributed by atoms with E-state index in [1.54, 1.807) is 0 Å². The van der Waals surface area contributed by atoms with Crippen molar-refractivity contribution in [2.75, 3.05) is 31.9 Å². The minimum atomic E-state index is -2.69. The van der Waals surface area contributed by atoms with E-state index in [9.17, 15) is 0 Å². The number of alkyl halides is 1. The Balaban J connectivity index is 1.97. The Labute approximate surface area is 163 Å². The molecule has 0 saturated carbocycles. The second kappa shape index (κ2) is 10.1. The molecule has 1 aromatic carbocycles. The van der Waals surface area contributed by atoms with Gasteiger partial charge in [-0.2, -0.15) is 0 Å². The van der Waals surface area contributed by atoms with Crippen LogP contribution in [-0.2, 0) is 24.3 Å². The number of halogens is 1. The molecule has 9 heteroatoms. The second-order valence-electron chi connectivity index (χ2n) is 6.01. The highest BCUT2D eigenvalue weighted by Gasteiger charge is 2.40. The zero-order chi connectivity index (χ0) is 19.0. The van der Waals surface area contributed by atoms with Crippen LogP contribution >= 0.6 is 11.6 Å². The van der Waals surface area contributed by atoms with Crippen LogP contribution in [0.3, 0.4) is 0 Å². The van der Waals surface area contributed by atoms with Crippen LogP contribution in [0.15, 0.2) is 18.2 Å². The van der Waals surface area contributed by atoms with Crippen molar-refractivity contribution in [3.8, 4) is 11.5 Å². The normalized spacial score (nSPS) is 19.7. The van der Waals surface area contributed by atoms with E-state index in [1.165, 1.54) is 0 Å². The summed E-state index contributed by atoms with van der Waals surface area (Å²) in [6, 6.07) is 6.37. The number of ether oxygens (including phenoxy) is 1. The highest BCUT2D eigenvalue weighted by atomic mass is 35.5. The first-order valence-corrected chi connectivity index (χ1v) is 14.0. The molecule has 1 aliphatic heterocycles. The number of rotatable bonds is 11. The molecule has 1 atom stereocenters. The summed E-state index contributed by atoms with van der Waals surface area (Å²) in [5.74, 6) is 1.60. The lowest BCUT2D eigenvalue weighted by atomic mass is 10.2. The number of fused-ring (bicyclic) bond motifs is 1. The van der Waals surface area contributed by atoms with Crippen molar-refractivity contribution in [3.05, 3.63) is 23.8 Å². The molecule has 1 aliphatic rings. The average molecular weight is 421 g/mol. The fraction of sp³-hybridized carbons (Fsp3) is 0.647. The minimum Gasteiger partial charge on any atom is -0.519 e. The molecule has 0 amide bonds. The molecule has 1 aromatic rings. The van der Waals surface area contributed by atoms with Crippen molar-refractivity contribution in [2.24, 2.45) is 0 Å². The van der Waals surface area contributed by atoms with Gasteiger partial charge in [0.15, 0.2) is 0 Å². The van der Waals surface area contributed by atoms with Crippen LogP contribution in [0.25, 0.3) is 0 Å². The average Bonchev–Trinajstić information content (AvgIpc) is 2.62. The van der Waals surface area contributed by atoms with Crippen LogP contribution in [0.5, 0.6) is 11.5 Å². The summed E-state index contributed by atoms with van der Waals surface area (Å²) in [6.07, 6.45) is 0. The van der Waals surface area contributed by atoms with Crippen molar-refractivity contribution in [1.82, 2.24) is 0 Å². The molecule has 0 N–H and O–H groups in total. The van der Waals surface area contributed by atoms with Crippen molar-refractivity contribution in [2.45, 2.75) is 40.0 Å². The van der Waals surface area contributed by atoms with Gasteiger partial charge in [0.25, 0.3) is 0 Å².